The van der Waals surface area contributed by atoms with Gasteiger partial charge in [-0.3, -0.25) is 61.5 Å². The second kappa shape index (κ2) is 60.1. The molecule has 5 aromatic heterocycles. The zero-order chi connectivity index (χ0) is 108. The molecule has 6 aromatic rings. The number of aliphatic hydroxyl groups excluding tert-OH is 1. The van der Waals surface area contributed by atoms with E-state index in [0.29, 0.717) is 207 Å². The monoisotopic (exact) mass is 2250 g/mol. The van der Waals surface area contributed by atoms with Crippen LogP contribution in [-0.4, -0.2) is 262 Å². The fourth-order valence-corrected chi connectivity index (χ4v) is 27.4. The van der Waals surface area contributed by atoms with E-state index in [1.54, 1.807) is 19.1 Å². The molecule has 0 bridgehead atoms. The number of nitrogens with two attached hydrogens (primary N) is 1. The molecule has 5 aliphatic heterocycles. The molecule has 9 unspecified atom stereocenters. The van der Waals surface area contributed by atoms with Crippen molar-refractivity contribution in [2.45, 2.75) is 308 Å². The standard InChI is InChI=1S/C90H149N23O30P6S/c1-6-8-44-111-58-69(104-106-111)27-18-24-52-134-74-55-67(85(120)94-42-22-12-14-31-78(116)92-40-20-10-11-23-54-136-144(122,123)139-146(126,127)141-148(130,131)143-149(132,133)142-147(128,129)140-145(124,125)137-60-76-73(115)57-81(138-76)113-62-96-82-83(113)99-87(91)100-86(82)121)56-75(135-53-25-19-28-70-59-112(107-105-70)45-9-7-2)71(74)29-26-43-95-84(119)66-36-48-109(49-37-66)89-101-88(108-46-34-63(3)35-47-108)102-90(103-89)110-50-38-68(39-51-110)98-80(118)33-15-13-21-41-93-79(117)32-17-16-30-77-64(4)72(61-150-77)97-65(5)114/h55-56,58-59,62-64,66,68,72-73,76-77,81,115H,6-54,57,60-61H2,1-5H3,(H,92,116)(H,93,117)(H,94,120)(H,95,119)(H,97,114)(H,98,118)(H,122,123)(H,124,125)(H,126,127)(H,128,129)(H,130,131)(H,132,133)(H3,91,99,100,121)/t64?,72?,73-,76-,77?,81-/m1/s1. The topological polar surface area (TPSA) is 710 Å². The third-order valence-electron chi connectivity index (χ3n) is 26.2. The van der Waals surface area contributed by atoms with Crippen LogP contribution in [0.4, 0.5) is 23.8 Å². The molecule has 10 heterocycles. The minimum atomic E-state index is -6.56. The Labute approximate surface area is 875 Å². The number of aryl methyl sites for hydroxylation is 4. The average Bonchev–Trinajstić information content (AvgIpc) is 1.63. The van der Waals surface area contributed by atoms with Gasteiger partial charge in [-0.15, -0.1) is 10.2 Å². The summed E-state index contributed by atoms with van der Waals surface area (Å²) in [6.45, 7) is 16.3. The number of benzene rings is 1. The number of rotatable bonds is 68. The summed E-state index contributed by atoms with van der Waals surface area (Å²) < 4.78 is 127. The van der Waals surface area contributed by atoms with Crippen LogP contribution in [0.25, 0.3) is 11.2 Å². The molecule has 5 aliphatic rings. The van der Waals surface area contributed by atoms with Crippen LogP contribution >= 0.6 is 58.7 Å². The number of aromatic amines is 1. The van der Waals surface area contributed by atoms with Crippen LogP contribution in [0.5, 0.6) is 11.5 Å². The highest BCUT2D eigenvalue weighted by atomic mass is 32.2. The van der Waals surface area contributed by atoms with Crippen molar-refractivity contribution in [3.8, 4) is 11.5 Å². The summed E-state index contributed by atoms with van der Waals surface area (Å²) in [5.41, 5.74) is 7.51. The van der Waals surface area contributed by atoms with E-state index in [9.17, 15) is 95.4 Å². The highest BCUT2D eigenvalue weighted by Gasteiger charge is 2.51. The second-order valence-electron chi connectivity index (χ2n) is 38.4. The first-order chi connectivity index (χ1) is 71.6. The van der Waals surface area contributed by atoms with E-state index in [1.165, 1.54) is 4.57 Å². The fraction of sp³-hybridized carbons (Fsp3) is 0.733. The average molecular weight is 2250 g/mol. The Morgan fingerprint density at radius 1 is 0.540 bits per heavy atom. The number of H-pyrrole nitrogens is 1. The zero-order valence-electron chi connectivity index (χ0n) is 85.7. The Balaban J connectivity index is 0.599. The number of fused-ring (bicyclic) bond motifs is 1. The maximum Gasteiger partial charge on any atom is 0.490 e. The van der Waals surface area contributed by atoms with Crippen LogP contribution in [0.15, 0.2) is 35.6 Å². The third-order valence-corrected chi connectivity index (χ3v) is 37.1. The molecule has 0 radical (unpaired) electrons. The van der Waals surface area contributed by atoms with Gasteiger partial charge < -0.3 is 101 Å². The Kier molecular flexibility index (Phi) is 48.8. The Hall–Kier alpha value is -8.39. The lowest BCUT2D eigenvalue weighted by Gasteiger charge is -2.36. The van der Waals surface area contributed by atoms with E-state index in [-0.39, 0.29) is 103 Å². The number of anilines is 4. The van der Waals surface area contributed by atoms with Crippen molar-refractivity contribution in [3.05, 3.63) is 63.7 Å². The van der Waals surface area contributed by atoms with Crippen molar-refractivity contribution >= 4 is 129 Å². The number of nitrogens with zero attached hydrogens (tertiary/aromatic N) is 15. The summed E-state index contributed by atoms with van der Waals surface area (Å²) in [7, 11) is -37.4. The van der Waals surface area contributed by atoms with Crippen LogP contribution in [0.2, 0.25) is 0 Å². The van der Waals surface area contributed by atoms with Gasteiger partial charge in [-0.1, -0.05) is 83.1 Å². The van der Waals surface area contributed by atoms with Gasteiger partial charge in [0, 0.05) is 164 Å². The molecule has 16 N–H and O–H groups in total. The quantitative estimate of drug-likeness (QED) is 0.0125. The number of thioether (sulfide) groups is 1. The number of nitrogen functional groups attached to an aromatic ring is 1. The molecule has 0 saturated carbocycles. The number of carbonyl (C=O) groups is 6. The molecule has 53 nitrogen and oxygen atoms in total. The summed E-state index contributed by atoms with van der Waals surface area (Å²) in [6.07, 6.45) is 23.7. The molecular weight excluding hydrogens is 2100 g/mol. The number of phosphoric ester groups is 2. The molecule has 0 aliphatic carbocycles. The molecule has 60 heteroatoms. The van der Waals surface area contributed by atoms with Gasteiger partial charge in [0.05, 0.1) is 50.2 Å². The number of unbranched alkanes of at least 4 members (excludes halogenated alkanes) is 12. The smallest absolute Gasteiger partial charge is 0.490 e. The minimum absolute atomic E-state index is 0.00836. The van der Waals surface area contributed by atoms with E-state index >= 15 is 0 Å². The van der Waals surface area contributed by atoms with Crippen LogP contribution in [0.1, 0.15) is 274 Å². The van der Waals surface area contributed by atoms with Crippen molar-refractivity contribution in [2.75, 3.05) is 118 Å². The van der Waals surface area contributed by atoms with Gasteiger partial charge in [0.1, 0.15) is 23.8 Å². The first kappa shape index (κ1) is 122. The molecule has 840 valence electrons. The van der Waals surface area contributed by atoms with Crippen molar-refractivity contribution in [1.82, 2.24) is 96.4 Å². The van der Waals surface area contributed by atoms with Crippen molar-refractivity contribution < 1.29 is 135 Å². The van der Waals surface area contributed by atoms with Gasteiger partial charge in [-0.05, 0) is 178 Å². The Morgan fingerprint density at radius 3 is 1.56 bits per heavy atom. The molecular formula is C90H149N23O30P6S. The lowest BCUT2D eigenvalue weighted by atomic mass is 9.96. The van der Waals surface area contributed by atoms with Crippen LogP contribution in [0, 0.1) is 17.8 Å². The number of phosphoric acid groups is 6. The van der Waals surface area contributed by atoms with Gasteiger partial charge in [0.15, 0.2) is 11.2 Å². The number of ether oxygens (including phenoxy) is 3. The van der Waals surface area contributed by atoms with E-state index in [0.717, 1.165) is 158 Å². The van der Waals surface area contributed by atoms with Crippen LogP contribution < -0.4 is 67.4 Å². The lowest BCUT2D eigenvalue weighted by molar-refractivity contribution is -0.125. The van der Waals surface area contributed by atoms with E-state index < -0.39 is 84.1 Å². The molecule has 150 heavy (non-hydrogen) atoms. The van der Waals surface area contributed by atoms with Crippen LogP contribution in [0.3, 0.4) is 0 Å². The number of aliphatic hydroxyl groups is 1. The molecule has 6 amide bonds. The van der Waals surface area contributed by atoms with Crippen molar-refractivity contribution in [1.29, 1.82) is 0 Å². The Bertz CT molecular complexity index is 5640. The zero-order valence-corrected chi connectivity index (χ0v) is 91.9. The lowest BCUT2D eigenvalue weighted by Crippen LogP contribution is -2.45. The first-order valence-electron chi connectivity index (χ1n) is 51.9. The van der Waals surface area contributed by atoms with Gasteiger partial charge in [0.25, 0.3) is 11.5 Å². The number of nitrogens with one attached hydrogen (secondary N) is 7. The first-order valence-corrected chi connectivity index (χ1v) is 62.0. The largest absolute Gasteiger partial charge is 0.493 e. The number of hydrogen-bond donors (Lipinski definition) is 15. The van der Waals surface area contributed by atoms with E-state index in [4.69, 9.17) is 34.9 Å². The minimum Gasteiger partial charge on any atom is -0.493 e. The summed E-state index contributed by atoms with van der Waals surface area (Å²) in [5, 5.41) is 46.9. The van der Waals surface area contributed by atoms with Gasteiger partial charge in [-0.25, -0.2) is 32.4 Å². The summed E-state index contributed by atoms with van der Waals surface area (Å²) in [5.74, 6) is 3.64. The van der Waals surface area contributed by atoms with Gasteiger partial charge in [0.2, 0.25) is 53.3 Å². The molecule has 0 spiro atoms. The number of carbonyl (C=O) groups excluding carboxylic acids is 6. The SMILES string of the molecule is CCCCn1cc(CCCCOc2cc(C(=O)NCCCCCC(=O)NCCCCCCOP(=O)(O)OP(=O)(O)OP(=O)(O)OP(=O)(O)OP(=O)(O)OP(=O)(O)OC[C@H]3O[C@@H](n4cnc5c(=O)[nH]c(N)nc54)C[C@H]3O)cc(OCCCCc3cn(CCCC)nn3)c2CCCNC(=O)C2CCN(c3nc(N4CCC(C)CC4)nc(N4CCC(NC(=O)CCCCCNC(=O)CCCCC5SCC(NC(C)=O)C5C)CC4)n3)CC2)nn1. The Morgan fingerprint density at radius 2 is 1.02 bits per heavy atom. The van der Waals surface area contributed by atoms with E-state index in [1.807, 2.05) is 33.5 Å². The molecule has 1 aromatic carbocycles. The number of hydrogen-bond acceptors (Lipinski definition) is 38. The van der Waals surface area contributed by atoms with E-state index in [2.05, 4.69) is 140 Å². The summed E-state index contributed by atoms with van der Waals surface area (Å²) >= 11 is 1.91. The maximum absolute atomic E-state index is 14.3. The van der Waals surface area contributed by atoms with Crippen LogP contribution in [-0.2, 0) is 119 Å². The van der Waals surface area contributed by atoms with Gasteiger partial charge >= 0.3 is 46.9 Å². The maximum atomic E-state index is 14.3. The number of imidazole rings is 1. The number of aromatic nitrogens is 13. The molecule has 12 atom stereocenters. The summed E-state index contributed by atoms with van der Waals surface area (Å²) in [6, 6.07) is 3.71. The number of amides is 6. The normalized spacial score (nSPS) is 20.4. The second-order valence-corrected chi connectivity index (χ2v) is 49.1. The molecule has 5 saturated heterocycles. The fourth-order valence-electron chi connectivity index (χ4n) is 17.9. The predicted octanol–water partition coefficient (Wildman–Crippen LogP) is 10.3. The molecule has 5 fully saturated rings. The highest BCUT2D eigenvalue weighted by Crippen LogP contribution is 2.75. The van der Waals surface area contributed by atoms with Crippen molar-refractivity contribution in [2.24, 2.45) is 17.8 Å². The predicted molar refractivity (Wildman–Crippen MR) is 552 cm³/mol. The number of piperidine rings is 3. The summed E-state index contributed by atoms with van der Waals surface area (Å²) in [4.78, 5) is 183. The molecule has 11 rings (SSSR count). The third kappa shape index (κ3) is 41.7. The van der Waals surface area contributed by atoms with Crippen molar-refractivity contribution in [3.63, 3.8) is 0 Å². The highest BCUT2D eigenvalue weighted by molar-refractivity contribution is 8.00. The van der Waals surface area contributed by atoms with Gasteiger partial charge in [-0.2, -0.15) is 53.3 Å².